The Bertz CT molecular complexity index is 733. The number of para-hydroxylation sites is 1. The van der Waals surface area contributed by atoms with Crippen LogP contribution >= 0.6 is 11.6 Å². The van der Waals surface area contributed by atoms with Gasteiger partial charge in [-0.15, -0.1) is 0 Å². The highest BCUT2D eigenvalue weighted by atomic mass is 35.5. The van der Waals surface area contributed by atoms with Crippen LogP contribution in [-0.2, 0) is 6.54 Å². The molecule has 0 atom stereocenters. The number of rotatable bonds is 8. The molecular formula is C21H27ClN2O3. The summed E-state index contributed by atoms with van der Waals surface area (Å²) < 4.78 is 17.0. The van der Waals surface area contributed by atoms with E-state index < -0.39 is 0 Å². The van der Waals surface area contributed by atoms with Crippen molar-refractivity contribution in [3.05, 3.63) is 53.1 Å². The molecule has 0 aliphatic carbocycles. The number of hydrogen-bond acceptors (Lipinski definition) is 5. The normalized spacial score (nSPS) is 15.5. The lowest BCUT2D eigenvalue weighted by Gasteiger charge is -2.32. The third-order valence-corrected chi connectivity index (χ3v) is 4.98. The smallest absolute Gasteiger partial charge is 0.161 e. The molecule has 146 valence electrons. The fourth-order valence-electron chi connectivity index (χ4n) is 3.06. The molecule has 1 fully saturated rings. The minimum absolute atomic E-state index is 0.413. The Hall–Kier alpha value is -1.95. The summed E-state index contributed by atoms with van der Waals surface area (Å²) in [5.74, 6) is 2.14. The number of ether oxygens (including phenoxy) is 3. The Labute approximate surface area is 166 Å². The Morgan fingerprint density at radius 3 is 2.30 bits per heavy atom. The minimum Gasteiger partial charge on any atom is -0.493 e. The Kier molecular flexibility index (Phi) is 7.21. The maximum atomic E-state index is 6.08. The van der Waals surface area contributed by atoms with Gasteiger partial charge in [-0.05, 0) is 36.9 Å². The summed E-state index contributed by atoms with van der Waals surface area (Å²) in [6.07, 6.45) is 0. The minimum atomic E-state index is 0.413. The van der Waals surface area contributed by atoms with Crippen LogP contribution in [0, 0.1) is 0 Å². The van der Waals surface area contributed by atoms with E-state index in [1.807, 2.05) is 24.3 Å². The van der Waals surface area contributed by atoms with Gasteiger partial charge in [0.2, 0.25) is 0 Å². The summed E-state index contributed by atoms with van der Waals surface area (Å²) in [5, 5.41) is 0.600. The van der Waals surface area contributed by atoms with Gasteiger partial charge in [-0.3, -0.25) is 4.90 Å². The molecule has 6 heteroatoms. The predicted molar refractivity (Wildman–Crippen MR) is 108 cm³/mol. The number of halogens is 1. The van der Waals surface area contributed by atoms with Crippen LogP contribution in [-0.4, -0.2) is 63.4 Å². The second kappa shape index (κ2) is 9.83. The zero-order valence-corrected chi connectivity index (χ0v) is 16.7. The van der Waals surface area contributed by atoms with E-state index in [0.29, 0.717) is 24.0 Å². The molecule has 0 saturated carbocycles. The van der Waals surface area contributed by atoms with Gasteiger partial charge in [0.05, 0.1) is 12.1 Å². The SMILES string of the molecule is COc1cc(CN2CCN(C)CC2)ccc1OCCOc1ccccc1Cl. The van der Waals surface area contributed by atoms with Crippen molar-refractivity contribution in [1.82, 2.24) is 9.80 Å². The van der Waals surface area contributed by atoms with E-state index in [9.17, 15) is 0 Å². The standard InChI is InChI=1S/C21H27ClN2O3/c1-23-9-11-24(12-10-23)16-17-7-8-20(21(15-17)25-2)27-14-13-26-19-6-4-3-5-18(19)22/h3-8,15H,9-14,16H2,1-2H3. The number of likely N-dealkylation sites (N-methyl/N-ethyl adjacent to an activating group) is 1. The van der Waals surface area contributed by atoms with Crippen molar-refractivity contribution < 1.29 is 14.2 Å². The first-order valence-corrected chi connectivity index (χ1v) is 9.61. The largest absolute Gasteiger partial charge is 0.493 e. The lowest BCUT2D eigenvalue weighted by atomic mass is 10.1. The Balaban J connectivity index is 1.51. The van der Waals surface area contributed by atoms with Crippen LogP contribution < -0.4 is 14.2 Å². The van der Waals surface area contributed by atoms with Gasteiger partial charge in [0.1, 0.15) is 19.0 Å². The summed E-state index contributed by atoms with van der Waals surface area (Å²) >= 11 is 6.08. The molecule has 3 rings (SSSR count). The zero-order chi connectivity index (χ0) is 19.1. The quantitative estimate of drug-likeness (QED) is 0.644. The Morgan fingerprint density at radius 2 is 1.59 bits per heavy atom. The van der Waals surface area contributed by atoms with E-state index in [4.69, 9.17) is 25.8 Å². The molecule has 0 aromatic heterocycles. The van der Waals surface area contributed by atoms with Crippen molar-refractivity contribution in [1.29, 1.82) is 0 Å². The maximum Gasteiger partial charge on any atom is 0.161 e. The summed E-state index contributed by atoms with van der Waals surface area (Å²) in [4.78, 5) is 4.82. The molecule has 1 aliphatic rings. The van der Waals surface area contributed by atoms with Gasteiger partial charge in [0.25, 0.3) is 0 Å². The molecule has 0 spiro atoms. The monoisotopic (exact) mass is 390 g/mol. The van der Waals surface area contributed by atoms with Gasteiger partial charge in [-0.1, -0.05) is 29.8 Å². The molecule has 5 nitrogen and oxygen atoms in total. The van der Waals surface area contributed by atoms with Crippen LogP contribution in [0.2, 0.25) is 5.02 Å². The van der Waals surface area contributed by atoms with Gasteiger partial charge in [0, 0.05) is 32.7 Å². The van der Waals surface area contributed by atoms with Crippen LogP contribution in [0.15, 0.2) is 42.5 Å². The summed E-state index contributed by atoms with van der Waals surface area (Å²) in [5.41, 5.74) is 1.23. The van der Waals surface area contributed by atoms with Crippen LogP contribution in [0.25, 0.3) is 0 Å². The maximum absolute atomic E-state index is 6.08. The number of nitrogens with zero attached hydrogens (tertiary/aromatic N) is 2. The van der Waals surface area contributed by atoms with E-state index in [0.717, 1.165) is 44.2 Å². The van der Waals surface area contributed by atoms with Crippen molar-refractivity contribution in [2.24, 2.45) is 0 Å². The molecule has 2 aromatic rings. The average Bonchev–Trinajstić information content (AvgIpc) is 2.69. The zero-order valence-electron chi connectivity index (χ0n) is 16.0. The lowest BCUT2D eigenvalue weighted by molar-refractivity contribution is 0.148. The summed E-state index contributed by atoms with van der Waals surface area (Å²) in [6.45, 7) is 6.18. The van der Waals surface area contributed by atoms with E-state index in [-0.39, 0.29) is 0 Å². The second-order valence-electron chi connectivity index (χ2n) is 6.69. The van der Waals surface area contributed by atoms with Crippen molar-refractivity contribution in [3.63, 3.8) is 0 Å². The van der Waals surface area contributed by atoms with Gasteiger partial charge < -0.3 is 19.1 Å². The number of benzene rings is 2. The molecule has 0 radical (unpaired) electrons. The molecule has 1 heterocycles. The number of hydrogen-bond donors (Lipinski definition) is 0. The molecule has 0 unspecified atom stereocenters. The van der Waals surface area contributed by atoms with Crippen molar-refractivity contribution in [2.75, 3.05) is 53.6 Å². The molecule has 1 aliphatic heterocycles. The topological polar surface area (TPSA) is 34.2 Å². The van der Waals surface area contributed by atoms with Crippen LogP contribution in [0.3, 0.4) is 0 Å². The lowest BCUT2D eigenvalue weighted by Crippen LogP contribution is -2.43. The van der Waals surface area contributed by atoms with Gasteiger partial charge in [0.15, 0.2) is 11.5 Å². The fraction of sp³-hybridized carbons (Fsp3) is 0.429. The van der Waals surface area contributed by atoms with Crippen LogP contribution in [0.4, 0.5) is 0 Å². The highest BCUT2D eigenvalue weighted by Gasteiger charge is 2.15. The number of methoxy groups -OCH3 is 1. The third-order valence-electron chi connectivity index (χ3n) is 4.67. The first kappa shape index (κ1) is 19.8. The predicted octanol–water partition coefficient (Wildman–Crippen LogP) is 3.55. The first-order valence-electron chi connectivity index (χ1n) is 9.23. The molecule has 27 heavy (non-hydrogen) atoms. The van der Waals surface area contributed by atoms with Gasteiger partial charge in [-0.25, -0.2) is 0 Å². The molecule has 0 bridgehead atoms. The molecule has 0 amide bonds. The van der Waals surface area contributed by atoms with Crippen molar-refractivity contribution >= 4 is 11.6 Å². The molecule has 0 N–H and O–H groups in total. The summed E-state index contributed by atoms with van der Waals surface area (Å²) in [7, 11) is 3.84. The molecular weight excluding hydrogens is 364 g/mol. The fourth-order valence-corrected chi connectivity index (χ4v) is 3.25. The van der Waals surface area contributed by atoms with Crippen molar-refractivity contribution in [3.8, 4) is 17.2 Å². The van der Waals surface area contributed by atoms with E-state index in [1.165, 1.54) is 5.56 Å². The summed E-state index contributed by atoms with van der Waals surface area (Å²) in [6, 6.07) is 13.5. The number of piperazine rings is 1. The van der Waals surface area contributed by atoms with Crippen LogP contribution in [0.1, 0.15) is 5.56 Å². The van der Waals surface area contributed by atoms with Gasteiger partial charge in [-0.2, -0.15) is 0 Å². The average molecular weight is 391 g/mol. The van der Waals surface area contributed by atoms with E-state index >= 15 is 0 Å². The Morgan fingerprint density at radius 1 is 0.889 bits per heavy atom. The first-order chi connectivity index (χ1) is 13.2. The second-order valence-corrected chi connectivity index (χ2v) is 7.10. The van der Waals surface area contributed by atoms with Crippen molar-refractivity contribution in [2.45, 2.75) is 6.54 Å². The third kappa shape index (κ3) is 5.76. The molecule has 1 saturated heterocycles. The highest BCUT2D eigenvalue weighted by Crippen LogP contribution is 2.29. The van der Waals surface area contributed by atoms with E-state index in [1.54, 1.807) is 13.2 Å². The van der Waals surface area contributed by atoms with Gasteiger partial charge >= 0.3 is 0 Å². The molecule has 2 aromatic carbocycles. The van der Waals surface area contributed by atoms with E-state index in [2.05, 4.69) is 29.0 Å². The van der Waals surface area contributed by atoms with Crippen LogP contribution in [0.5, 0.6) is 17.2 Å². The highest BCUT2D eigenvalue weighted by molar-refractivity contribution is 6.32.